The van der Waals surface area contributed by atoms with Crippen LogP contribution in [0.15, 0.2) is 24.3 Å². The highest BCUT2D eigenvalue weighted by molar-refractivity contribution is 6.30. The van der Waals surface area contributed by atoms with E-state index in [1.807, 2.05) is 12.1 Å². The van der Waals surface area contributed by atoms with Crippen LogP contribution in [0.5, 0.6) is 0 Å². The number of nitrogens with two attached hydrogens (primary N) is 1. The van der Waals surface area contributed by atoms with Gasteiger partial charge in [-0.2, -0.15) is 0 Å². The van der Waals surface area contributed by atoms with Crippen LogP contribution in [0, 0.1) is 0 Å². The first-order chi connectivity index (χ1) is 9.99. The largest absolute Gasteiger partial charge is 0.350 e. The molecule has 1 aromatic carbocycles. The lowest BCUT2D eigenvalue weighted by molar-refractivity contribution is -0.139. The van der Waals surface area contributed by atoms with E-state index in [4.69, 9.17) is 17.3 Å². The molecule has 3 N–H and O–H groups in total. The van der Waals surface area contributed by atoms with Crippen molar-refractivity contribution in [2.75, 3.05) is 6.54 Å². The van der Waals surface area contributed by atoms with Crippen LogP contribution in [0.1, 0.15) is 25.3 Å². The van der Waals surface area contributed by atoms with Crippen LogP contribution < -0.4 is 11.1 Å². The van der Waals surface area contributed by atoms with Gasteiger partial charge in [-0.05, 0) is 37.5 Å². The molecule has 2 amide bonds. The molecule has 1 aliphatic heterocycles. The van der Waals surface area contributed by atoms with Crippen LogP contribution in [0.3, 0.4) is 0 Å². The van der Waals surface area contributed by atoms with Crippen molar-refractivity contribution in [2.45, 2.75) is 38.4 Å². The van der Waals surface area contributed by atoms with Crippen LogP contribution in [0.4, 0.5) is 0 Å². The van der Waals surface area contributed by atoms with Gasteiger partial charge in [0.1, 0.15) is 6.04 Å². The van der Waals surface area contributed by atoms with Crippen molar-refractivity contribution in [1.29, 1.82) is 0 Å². The molecule has 1 aliphatic rings. The number of likely N-dealkylation sites (tertiary alicyclic amines) is 1. The first-order valence-electron chi connectivity index (χ1n) is 7.07. The van der Waals surface area contributed by atoms with Gasteiger partial charge in [-0.15, -0.1) is 12.4 Å². The lowest BCUT2D eigenvalue weighted by Gasteiger charge is -2.25. The molecular weight excluding hydrogens is 325 g/mol. The van der Waals surface area contributed by atoms with Gasteiger partial charge in [-0.3, -0.25) is 9.59 Å². The Balaban J connectivity index is 0.00000242. The normalized spacial score (nSPS) is 18.5. The summed E-state index contributed by atoms with van der Waals surface area (Å²) >= 11 is 5.91. The summed E-state index contributed by atoms with van der Waals surface area (Å²) in [5.74, 6) is -0.308. The van der Waals surface area contributed by atoms with Crippen LogP contribution in [-0.4, -0.2) is 35.3 Å². The number of halogens is 2. The summed E-state index contributed by atoms with van der Waals surface area (Å²) in [6.45, 7) is 2.63. The zero-order valence-electron chi connectivity index (χ0n) is 12.4. The number of rotatable bonds is 4. The van der Waals surface area contributed by atoms with Gasteiger partial charge in [0.05, 0.1) is 6.04 Å². The Kier molecular flexibility index (Phi) is 7.13. The van der Waals surface area contributed by atoms with E-state index in [-0.39, 0.29) is 24.2 Å². The van der Waals surface area contributed by atoms with E-state index in [2.05, 4.69) is 5.32 Å². The van der Waals surface area contributed by atoms with Crippen LogP contribution >= 0.6 is 24.0 Å². The van der Waals surface area contributed by atoms with Crippen molar-refractivity contribution in [3.8, 4) is 0 Å². The van der Waals surface area contributed by atoms with Gasteiger partial charge in [0, 0.05) is 18.1 Å². The van der Waals surface area contributed by atoms with Gasteiger partial charge in [0.25, 0.3) is 0 Å². The number of hydrogen-bond donors (Lipinski definition) is 2. The first-order valence-corrected chi connectivity index (χ1v) is 7.45. The summed E-state index contributed by atoms with van der Waals surface area (Å²) in [5.41, 5.74) is 6.55. The van der Waals surface area contributed by atoms with Crippen molar-refractivity contribution >= 4 is 35.8 Å². The van der Waals surface area contributed by atoms with Crippen molar-refractivity contribution in [3.63, 3.8) is 0 Å². The van der Waals surface area contributed by atoms with Gasteiger partial charge < -0.3 is 16.0 Å². The fraction of sp³-hybridized carbons (Fsp3) is 0.467. The molecule has 1 aromatic rings. The SMILES string of the molecule is C[C@@H](N)C(=O)N1CCC[C@H]1C(=O)NCc1cccc(Cl)c1.Cl. The molecule has 2 atom stereocenters. The molecule has 1 fully saturated rings. The average Bonchev–Trinajstić information content (AvgIpc) is 2.93. The molecule has 5 nitrogen and oxygen atoms in total. The Morgan fingerprint density at radius 1 is 1.50 bits per heavy atom. The lowest BCUT2D eigenvalue weighted by atomic mass is 10.1. The summed E-state index contributed by atoms with van der Waals surface area (Å²) in [7, 11) is 0. The molecule has 0 spiro atoms. The van der Waals surface area contributed by atoms with Crippen molar-refractivity contribution in [2.24, 2.45) is 5.73 Å². The fourth-order valence-corrected chi connectivity index (χ4v) is 2.73. The Bertz CT molecular complexity index is 537. The zero-order chi connectivity index (χ0) is 15.4. The molecule has 7 heteroatoms. The van der Waals surface area contributed by atoms with Gasteiger partial charge in [0.2, 0.25) is 11.8 Å². The molecule has 2 rings (SSSR count). The minimum absolute atomic E-state index is 0. The molecule has 0 aromatic heterocycles. The number of amides is 2. The highest BCUT2D eigenvalue weighted by Crippen LogP contribution is 2.18. The van der Waals surface area contributed by atoms with E-state index in [1.54, 1.807) is 24.0 Å². The van der Waals surface area contributed by atoms with E-state index < -0.39 is 12.1 Å². The molecule has 0 unspecified atom stereocenters. The quantitative estimate of drug-likeness (QED) is 0.872. The van der Waals surface area contributed by atoms with Gasteiger partial charge in [-0.25, -0.2) is 0 Å². The Morgan fingerprint density at radius 2 is 2.23 bits per heavy atom. The molecule has 122 valence electrons. The van der Waals surface area contributed by atoms with Crippen molar-refractivity contribution < 1.29 is 9.59 Å². The number of carbonyl (C=O) groups is 2. The van der Waals surface area contributed by atoms with E-state index in [0.717, 1.165) is 12.0 Å². The third-order valence-corrected chi connectivity index (χ3v) is 3.82. The number of nitrogens with one attached hydrogen (secondary N) is 1. The van der Waals surface area contributed by atoms with E-state index >= 15 is 0 Å². The summed E-state index contributed by atoms with van der Waals surface area (Å²) in [4.78, 5) is 25.8. The van der Waals surface area contributed by atoms with Gasteiger partial charge in [-0.1, -0.05) is 23.7 Å². The predicted molar refractivity (Wildman–Crippen MR) is 88.9 cm³/mol. The lowest BCUT2D eigenvalue weighted by Crippen LogP contribution is -2.50. The van der Waals surface area contributed by atoms with Crippen LogP contribution in [0.2, 0.25) is 5.02 Å². The molecule has 0 aliphatic carbocycles. The van der Waals surface area contributed by atoms with Crippen LogP contribution in [0.25, 0.3) is 0 Å². The van der Waals surface area contributed by atoms with Crippen molar-refractivity contribution in [1.82, 2.24) is 10.2 Å². The second kappa shape index (κ2) is 8.36. The maximum Gasteiger partial charge on any atom is 0.243 e. The number of nitrogens with zero attached hydrogens (tertiary/aromatic N) is 1. The molecule has 0 radical (unpaired) electrons. The fourth-order valence-electron chi connectivity index (χ4n) is 2.52. The average molecular weight is 346 g/mol. The predicted octanol–water partition coefficient (Wildman–Crippen LogP) is 1.72. The summed E-state index contributed by atoms with van der Waals surface area (Å²) in [6, 6.07) is 6.33. The molecule has 1 heterocycles. The van der Waals surface area contributed by atoms with Gasteiger partial charge >= 0.3 is 0 Å². The second-order valence-electron chi connectivity index (χ2n) is 5.33. The standard InChI is InChI=1S/C15H20ClN3O2.ClH/c1-10(17)15(21)19-7-3-6-13(19)14(20)18-9-11-4-2-5-12(16)8-11;/h2,4-5,8,10,13H,3,6-7,9,17H2,1H3,(H,18,20);1H/t10-,13+;/m1./s1. The highest BCUT2D eigenvalue weighted by atomic mass is 35.5. The third-order valence-electron chi connectivity index (χ3n) is 3.58. The molecular formula is C15H21Cl2N3O2. The second-order valence-corrected chi connectivity index (χ2v) is 5.76. The summed E-state index contributed by atoms with van der Waals surface area (Å²) in [5, 5.41) is 3.50. The van der Waals surface area contributed by atoms with E-state index in [0.29, 0.717) is 24.5 Å². The Morgan fingerprint density at radius 3 is 2.86 bits per heavy atom. The monoisotopic (exact) mass is 345 g/mol. The highest BCUT2D eigenvalue weighted by Gasteiger charge is 2.34. The summed E-state index contributed by atoms with van der Waals surface area (Å²) in [6.07, 6.45) is 1.51. The smallest absolute Gasteiger partial charge is 0.243 e. The molecule has 22 heavy (non-hydrogen) atoms. The molecule has 0 bridgehead atoms. The Labute approximate surface area is 141 Å². The van der Waals surface area contributed by atoms with Crippen molar-refractivity contribution in [3.05, 3.63) is 34.9 Å². The molecule has 1 saturated heterocycles. The van der Waals surface area contributed by atoms with E-state index in [1.165, 1.54) is 0 Å². The van der Waals surface area contributed by atoms with Crippen LogP contribution in [-0.2, 0) is 16.1 Å². The minimum Gasteiger partial charge on any atom is -0.350 e. The van der Waals surface area contributed by atoms with Gasteiger partial charge in [0.15, 0.2) is 0 Å². The minimum atomic E-state index is -0.577. The number of benzene rings is 1. The number of carbonyl (C=O) groups excluding carboxylic acids is 2. The molecule has 0 saturated carbocycles. The maximum atomic E-state index is 12.3. The number of hydrogen-bond acceptors (Lipinski definition) is 3. The first kappa shape index (κ1) is 18.7. The zero-order valence-corrected chi connectivity index (χ0v) is 14.0. The van der Waals surface area contributed by atoms with E-state index in [9.17, 15) is 9.59 Å². The topological polar surface area (TPSA) is 75.4 Å². The maximum absolute atomic E-state index is 12.3. The third kappa shape index (κ3) is 4.60. The summed E-state index contributed by atoms with van der Waals surface area (Å²) < 4.78 is 0. The Hall–Kier alpha value is -1.30.